The maximum atomic E-state index is 12.4. The molecule has 5 heteroatoms. The van der Waals surface area contributed by atoms with Gasteiger partial charge >= 0.3 is 0 Å². The van der Waals surface area contributed by atoms with Crippen LogP contribution in [0, 0.1) is 0 Å². The molecule has 21 heavy (non-hydrogen) atoms. The third-order valence-electron chi connectivity index (χ3n) is 3.30. The van der Waals surface area contributed by atoms with Crippen LogP contribution >= 0.6 is 11.6 Å². The highest BCUT2D eigenvalue weighted by Crippen LogP contribution is 2.32. The molecule has 0 aromatic heterocycles. The summed E-state index contributed by atoms with van der Waals surface area (Å²) in [5.41, 5.74) is 1.60. The molecule has 0 saturated heterocycles. The molecule has 0 bridgehead atoms. The Hall–Kier alpha value is -2.20. The van der Waals surface area contributed by atoms with Gasteiger partial charge in [-0.1, -0.05) is 23.7 Å². The van der Waals surface area contributed by atoms with Gasteiger partial charge in [0.2, 0.25) is 6.79 Å². The van der Waals surface area contributed by atoms with E-state index in [-0.39, 0.29) is 12.7 Å². The fourth-order valence-corrected chi connectivity index (χ4v) is 2.31. The molecule has 1 heterocycles. The second-order valence-corrected chi connectivity index (χ2v) is 5.29. The molecule has 1 aliphatic heterocycles. The van der Waals surface area contributed by atoms with Crippen LogP contribution in [0.4, 0.5) is 0 Å². The second-order valence-electron chi connectivity index (χ2n) is 4.86. The number of carbonyl (C=O) groups excluding carboxylic acids is 1. The third-order valence-corrected chi connectivity index (χ3v) is 3.55. The molecule has 0 spiro atoms. The van der Waals surface area contributed by atoms with Gasteiger partial charge in [-0.15, -0.1) is 0 Å². The Kier molecular flexibility index (Phi) is 3.71. The van der Waals surface area contributed by atoms with Crippen molar-refractivity contribution in [2.24, 2.45) is 0 Å². The number of hydrogen-bond acceptors (Lipinski definition) is 3. The van der Waals surface area contributed by atoms with E-state index in [9.17, 15) is 4.79 Å². The number of ether oxygens (including phenoxy) is 2. The number of amides is 1. The van der Waals surface area contributed by atoms with Crippen LogP contribution in [0.5, 0.6) is 11.5 Å². The van der Waals surface area contributed by atoms with Crippen molar-refractivity contribution in [1.29, 1.82) is 0 Å². The third kappa shape index (κ3) is 2.95. The van der Waals surface area contributed by atoms with Gasteiger partial charge in [0.1, 0.15) is 0 Å². The van der Waals surface area contributed by atoms with Crippen molar-refractivity contribution >= 4 is 17.5 Å². The van der Waals surface area contributed by atoms with Crippen LogP contribution in [0.25, 0.3) is 0 Å². The van der Waals surface area contributed by atoms with Crippen molar-refractivity contribution < 1.29 is 14.3 Å². The fourth-order valence-electron chi connectivity index (χ4n) is 2.19. The first-order valence-electron chi connectivity index (χ1n) is 6.53. The summed E-state index contributed by atoms with van der Waals surface area (Å²) in [5, 5.41) is 0.684. The molecule has 0 saturated carbocycles. The van der Waals surface area contributed by atoms with Crippen LogP contribution in [0.2, 0.25) is 5.02 Å². The van der Waals surface area contributed by atoms with Gasteiger partial charge in [-0.25, -0.2) is 0 Å². The van der Waals surface area contributed by atoms with Crippen molar-refractivity contribution in [3.63, 3.8) is 0 Å². The topological polar surface area (TPSA) is 38.8 Å². The molecular weight excluding hydrogens is 290 g/mol. The van der Waals surface area contributed by atoms with E-state index in [1.54, 1.807) is 30.1 Å². The van der Waals surface area contributed by atoms with Crippen LogP contribution in [0.15, 0.2) is 42.5 Å². The Bertz CT molecular complexity index is 670. The highest BCUT2D eigenvalue weighted by molar-refractivity contribution is 6.30. The Labute approximate surface area is 127 Å². The van der Waals surface area contributed by atoms with E-state index in [0.29, 0.717) is 28.6 Å². The SMILES string of the molecule is CN(Cc1ccc(Cl)cc1)C(=O)c1ccc2c(c1)OCO2. The summed E-state index contributed by atoms with van der Waals surface area (Å²) < 4.78 is 10.5. The molecule has 3 rings (SSSR count). The Balaban J connectivity index is 1.73. The highest BCUT2D eigenvalue weighted by atomic mass is 35.5. The molecule has 0 N–H and O–H groups in total. The van der Waals surface area contributed by atoms with Crippen molar-refractivity contribution in [1.82, 2.24) is 4.90 Å². The van der Waals surface area contributed by atoms with E-state index in [2.05, 4.69) is 0 Å². The molecule has 4 nitrogen and oxygen atoms in total. The summed E-state index contributed by atoms with van der Waals surface area (Å²) >= 11 is 5.85. The molecule has 2 aromatic rings. The first-order chi connectivity index (χ1) is 10.1. The van der Waals surface area contributed by atoms with Crippen LogP contribution < -0.4 is 9.47 Å². The number of fused-ring (bicyclic) bond motifs is 1. The summed E-state index contributed by atoms with van der Waals surface area (Å²) in [6.45, 7) is 0.720. The second kappa shape index (κ2) is 5.66. The molecule has 0 unspecified atom stereocenters. The average molecular weight is 304 g/mol. The Morgan fingerprint density at radius 2 is 1.86 bits per heavy atom. The molecule has 1 aliphatic rings. The number of nitrogens with zero attached hydrogens (tertiary/aromatic N) is 1. The smallest absolute Gasteiger partial charge is 0.254 e. The molecule has 0 radical (unpaired) electrons. The van der Waals surface area contributed by atoms with E-state index in [1.165, 1.54) is 0 Å². The van der Waals surface area contributed by atoms with Crippen molar-refractivity contribution in [2.75, 3.05) is 13.8 Å². The summed E-state index contributed by atoms with van der Waals surface area (Å²) in [7, 11) is 1.77. The van der Waals surface area contributed by atoms with Crippen LogP contribution in [-0.4, -0.2) is 24.6 Å². The lowest BCUT2D eigenvalue weighted by Crippen LogP contribution is -2.26. The molecule has 108 valence electrons. The fraction of sp³-hybridized carbons (Fsp3) is 0.188. The molecule has 1 amide bonds. The van der Waals surface area contributed by atoms with Gasteiger partial charge in [-0.3, -0.25) is 4.79 Å². The zero-order valence-corrected chi connectivity index (χ0v) is 12.3. The van der Waals surface area contributed by atoms with Crippen molar-refractivity contribution in [3.8, 4) is 11.5 Å². The van der Waals surface area contributed by atoms with Gasteiger partial charge in [0.25, 0.3) is 5.91 Å². The lowest BCUT2D eigenvalue weighted by Gasteiger charge is -2.17. The minimum Gasteiger partial charge on any atom is -0.454 e. The molecule has 0 aliphatic carbocycles. The number of hydrogen-bond donors (Lipinski definition) is 0. The highest BCUT2D eigenvalue weighted by Gasteiger charge is 2.18. The lowest BCUT2D eigenvalue weighted by molar-refractivity contribution is 0.0784. The number of rotatable bonds is 3. The molecule has 0 atom stereocenters. The number of halogens is 1. The standard InChI is InChI=1S/C16H14ClNO3/c1-18(9-11-2-5-13(17)6-3-11)16(19)12-4-7-14-15(8-12)21-10-20-14/h2-8H,9-10H2,1H3. The predicted molar refractivity (Wildman–Crippen MR) is 79.8 cm³/mol. The summed E-state index contributed by atoms with van der Waals surface area (Å²) in [4.78, 5) is 14.1. The monoisotopic (exact) mass is 303 g/mol. The molecule has 2 aromatic carbocycles. The number of benzene rings is 2. The normalized spacial score (nSPS) is 12.3. The summed E-state index contributed by atoms with van der Waals surface area (Å²) in [6, 6.07) is 12.7. The number of carbonyl (C=O) groups is 1. The van der Waals surface area contributed by atoms with E-state index in [1.807, 2.05) is 24.3 Å². The minimum absolute atomic E-state index is 0.0664. The van der Waals surface area contributed by atoms with E-state index in [0.717, 1.165) is 5.56 Å². The van der Waals surface area contributed by atoms with Crippen LogP contribution in [0.3, 0.4) is 0 Å². The first-order valence-corrected chi connectivity index (χ1v) is 6.91. The lowest BCUT2D eigenvalue weighted by atomic mass is 10.1. The van der Waals surface area contributed by atoms with Crippen molar-refractivity contribution in [3.05, 3.63) is 58.6 Å². The average Bonchev–Trinajstić information content (AvgIpc) is 2.96. The molecular formula is C16H14ClNO3. The quantitative estimate of drug-likeness (QED) is 0.873. The van der Waals surface area contributed by atoms with Crippen LogP contribution in [0.1, 0.15) is 15.9 Å². The Morgan fingerprint density at radius 3 is 2.62 bits per heavy atom. The van der Waals surface area contributed by atoms with Gasteiger partial charge in [-0.05, 0) is 35.9 Å². The molecule has 0 fully saturated rings. The maximum absolute atomic E-state index is 12.4. The van der Waals surface area contributed by atoms with Crippen LogP contribution in [-0.2, 0) is 6.54 Å². The summed E-state index contributed by atoms with van der Waals surface area (Å²) in [6.07, 6.45) is 0. The van der Waals surface area contributed by atoms with E-state index < -0.39 is 0 Å². The zero-order valence-electron chi connectivity index (χ0n) is 11.5. The van der Waals surface area contributed by atoms with Gasteiger partial charge in [0.15, 0.2) is 11.5 Å². The van der Waals surface area contributed by atoms with Gasteiger partial charge in [-0.2, -0.15) is 0 Å². The summed E-state index contributed by atoms with van der Waals surface area (Å²) in [5.74, 6) is 1.22. The largest absolute Gasteiger partial charge is 0.454 e. The Morgan fingerprint density at radius 1 is 1.14 bits per heavy atom. The predicted octanol–water partition coefficient (Wildman–Crippen LogP) is 3.34. The van der Waals surface area contributed by atoms with Crippen molar-refractivity contribution in [2.45, 2.75) is 6.54 Å². The van der Waals surface area contributed by atoms with E-state index >= 15 is 0 Å². The maximum Gasteiger partial charge on any atom is 0.254 e. The van der Waals surface area contributed by atoms with E-state index in [4.69, 9.17) is 21.1 Å². The van der Waals surface area contributed by atoms with Gasteiger partial charge < -0.3 is 14.4 Å². The van der Waals surface area contributed by atoms with Gasteiger partial charge in [0.05, 0.1) is 0 Å². The minimum atomic E-state index is -0.0664. The first kappa shape index (κ1) is 13.8. The van der Waals surface area contributed by atoms with Gasteiger partial charge in [0, 0.05) is 24.2 Å². The zero-order chi connectivity index (χ0) is 14.8.